The standard InChI is InChI=1S/C49H55NO14/c1-8-29-19-21-31(22-20-29)43(56)50-37(30-15-11-9-12-16-30)38(54)45(58)62-33-24-49(59)42(63-44(57)32-17-13-10-14-18-32)40-47(7,34(53)23-35-48(40,25-60-35)64-28(4)52)41(55)39(61-27(3)51)36(26(33)2)46(49,5)6/h9-22,33-35,37-40,42,53-54,59H,8,23-25H2,1-7H3,(H,50,56)/t33-,34-,35+,37-,38+,39+,40?,42?,47+,48-,49+/m0/s1. The van der Waals surface area contributed by atoms with Gasteiger partial charge in [-0.2, -0.15) is 0 Å². The van der Waals surface area contributed by atoms with Gasteiger partial charge in [-0.15, -0.1) is 0 Å². The molecule has 2 unspecified atom stereocenters. The molecule has 2 saturated carbocycles. The van der Waals surface area contributed by atoms with Crippen LogP contribution in [0, 0.1) is 16.7 Å². The summed E-state index contributed by atoms with van der Waals surface area (Å²) in [7, 11) is 0. The molecule has 1 amide bonds. The van der Waals surface area contributed by atoms with Gasteiger partial charge in [-0.3, -0.25) is 19.2 Å². The van der Waals surface area contributed by atoms with E-state index in [9.17, 15) is 39.3 Å². The van der Waals surface area contributed by atoms with E-state index in [4.69, 9.17) is 23.7 Å². The summed E-state index contributed by atoms with van der Waals surface area (Å²) in [5.74, 6) is -6.83. The Bertz CT molecular complexity index is 2350. The number of Topliss-reactive ketones (excluding diaryl/α,β-unsaturated/α-hetero) is 1. The van der Waals surface area contributed by atoms with Gasteiger partial charge in [0, 0.05) is 37.7 Å². The number of aliphatic hydroxyl groups excluding tert-OH is 2. The first-order valence-corrected chi connectivity index (χ1v) is 21.4. The Hall–Kier alpha value is -5.74. The van der Waals surface area contributed by atoms with E-state index in [2.05, 4.69) is 5.32 Å². The Morgan fingerprint density at radius 1 is 0.859 bits per heavy atom. The van der Waals surface area contributed by atoms with Crippen molar-refractivity contribution in [2.75, 3.05) is 6.61 Å². The SMILES string of the molecule is CCc1ccc(C(=O)N[C@@H](c2ccccc2)[C@@H](O)C(=O)O[C@H]2C[C@@]3(O)C(OC(=O)c4ccccc4)C4[C@](C)(C(=O)[C@H](OC(C)=O)C(=C2C)C3(C)C)[C@@H](O)C[C@H]2OC[C@@]42OC(C)=O)cc1. The number of benzene rings is 3. The lowest BCUT2D eigenvalue weighted by Gasteiger charge is -2.67. The summed E-state index contributed by atoms with van der Waals surface area (Å²) in [6.07, 6.45) is -9.78. The molecule has 0 spiro atoms. The highest BCUT2D eigenvalue weighted by Crippen LogP contribution is 2.64. The lowest BCUT2D eigenvalue weighted by molar-refractivity contribution is -0.346. The molecule has 0 radical (unpaired) electrons. The van der Waals surface area contributed by atoms with Gasteiger partial charge < -0.3 is 44.3 Å². The number of fused-ring (bicyclic) bond motifs is 5. The van der Waals surface area contributed by atoms with Gasteiger partial charge in [0.2, 0.25) is 0 Å². The number of aryl methyl sites for hydroxylation is 1. The van der Waals surface area contributed by atoms with Gasteiger partial charge in [0.05, 0.1) is 35.6 Å². The Labute approximate surface area is 371 Å². The van der Waals surface area contributed by atoms with Crippen LogP contribution < -0.4 is 5.32 Å². The molecule has 15 heteroatoms. The summed E-state index contributed by atoms with van der Waals surface area (Å²) in [4.78, 5) is 83.9. The first-order valence-electron chi connectivity index (χ1n) is 21.4. The van der Waals surface area contributed by atoms with Crippen molar-refractivity contribution in [3.8, 4) is 0 Å². The number of esters is 4. The molecule has 3 aromatic carbocycles. The Morgan fingerprint density at radius 3 is 2.05 bits per heavy atom. The van der Waals surface area contributed by atoms with E-state index in [1.165, 1.54) is 26.0 Å². The fourth-order valence-electron chi connectivity index (χ4n) is 10.5. The van der Waals surface area contributed by atoms with Crippen LogP contribution in [0.3, 0.4) is 0 Å². The van der Waals surface area contributed by atoms with Crippen LogP contribution in [0.15, 0.2) is 96.1 Å². The summed E-state index contributed by atoms with van der Waals surface area (Å²) in [6, 6.07) is 21.7. The highest BCUT2D eigenvalue weighted by atomic mass is 16.6. The molecule has 4 N–H and O–H groups in total. The number of hydrogen-bond acceptors (Lipinski definition) is 14. The van der Waals surface area contributed by atoms with Gasteiger partial charge in [-0.1, -0.05) is 81.4 Å². The lowest BCUT2D eigenvalue weighted by Crippen LogP contribution is -2.82. The molecule has 4 aliphatic rings. The number of aliphatic hydroxyl groups is 3. The third-order valence-corrected chi connectivity index (χ3v) is 14.1. The number of rotatable bonds is 11. The van der Waals surface area contributed by atoms with E-state index in [0.29, 0.717) is 5.56 Å². The molecule has 11 atom stereocenters. The van der Waals surface area contributed by atoms with E-state index < -0.39 is 113 Å². The minimum Gasteiger partial charge on any atom is -0.456 e. The summed E-state index contributed by atoms with van der Waals surface area (Å²) < 4.78 is 30.4. The fourth-order valence-corrected chi connectivity index (χ4v) is 10.5. The van der Waals surface area contributed by atoms with Crippen molar-refractivity contribution >= 4 is 35.6 Å². The number of carbonyl (C=O) groups excluding carboxylic acids is 6. The Kier molecular flexibility index (Phi) is 12.5. The highest BCUT2D eigenvalue weighted by molar-refractivity contribution is 5.96. The quantitative estimate of drug-likeness (QED) is 0.120. The van der Waals surface area contributed by atoms with Crippen LogP contribution in [0.2, 0.25) is 0 Å². The largest absolute Gasteiger partial charge is 0.456 e. The van der Waals surface area contributed by atoms with Crippen molar-refractivity contribution in [3.63, 3.8) is 0 Å². The van der Waals surface area contributed by atoms with Crippen LogP contribution in [0.25, 0.3) is 0 Å². The molecule has 3 aromatic rings. The molecule has 1 aliphatic heterocycles. The molecule has 2 bridgehead atoms. The van der Waals surface area contributed by atoms with Crippen LogP contribution in [0.1, 0.15) is 99.2 Å². The summed E-state index contributed by atoms with van der Waals surface area (Å²) in [6.45, 7) is 9.97. The van der Waals surface area contributed by atoms with Crippen LogP contribution in [0.5, 0.6) is 0 Å². The first-order chi connectivity index (χ1) is 30.2. The minimum atomic E-state index is -2.39. The lowest BCUT2D eigenvalue weighted by atomic mass is 9.44. The number of amides is 1. The average Bonchev–Trinajstić information content (AvgIpc) is 3.26. The van der Waals surface area contributed by atoms with Crippen molar-refractivity contribution in [3.05, 3.63) is 118 Å². The molecule has 7 rings (SSSR count). The molecule has 340 valence electrons. The number of ketones is 1. The summed E-state index contributed by atoms with van der Waals surface area (Å²) >= 11 is 0. The molecule has 1 saturated heterocycles. The van der Waals surface area contributed by atoms with Gasteiger partial charge >= 0.3 is 23.9 Å². The molecular formula is C49H55NO14. The van der Waals surface area contributed by atoms with Crippen molar-refractivity contribution in [2.45, 2.75) is 122 Å². The predicted octanol–water partition coefficient (Wildman–Crippen LogP) is 4.30. The van der Waals surface area contributed by atoms with Crippen molar-refractivity contribution in [1.82, 2.24) is 5.32 Å². The minimum absolute atomic E-state index is 0.00154. The smallest absolute Gasteiger partial charge is 0.338 e. The van der Waals surface area contributed by atoms with Crippen LogP contribution in [-0.4, -0.2) is 105 Å². The normalized spacial score (nSPS) is 31.2. The second-order valence-electron chi connectivity index (χ2n) is 18.0. The zero-order valence-corrected chi connectivity index (χ0v) is 36.9. The zero-order valence-electron chi connectivity index (χ0n) is 36.9. The maximum absolute atomic E-state index is 15.5. The van der Waals surface area contributed by atoms with E-state index in [0.717, 1.165) is 25.8 Å². The van der Waals surface area contributed by atoms with E-state index in [1.807, 2.05) is 6.92 Å². The number of nitrogens with one attached hydrogen (secondary N) is 1. The van der Waals surface area contributed by atoms with Crippen molar-refractivity contribution in [2.24, 2.45) is 16.7 Å². The highest BCUT2D eigenvalue weighted by Gasteiger charge is 2.78. The average molecular weight is 882 g/mol. The van der Waals surface area contributed by atoms with Crippen molar-refractivity contribution in [1.29, 1.82) is 0 Å². The topological polar surface area (TPSA) is 221 Å². The van der Waals surface area contributed by atoms with Gasteiger partial charge in [0.15, 0.2) is 23.6 Å². The molecule has 3 aliphatic carbocycles. The molecule has 1 heterocycles. The maximum atomic E-state index is 15.5. The summed E-state index contributed by atoms with van der Waals surface area (Å²) in [5.41, 5.74) is -6.00. The van der Waals surface area contributed by atoms with E-state index in [1.54, 1.807) is 86.6 Å². The number of carbonyl (C=O) groups is 6. The maximum Gasteiger partial charge on any atom is 0.338 e. The Morgan fingerprint density at radius 2 is 1.48 bits per heavy atom. The van der Waals surface area contributed by atoms with Crippen LogP contribution >= 0.6 is 0 Å². The number of hydrogen-bond donors (Lipinski definition) is 4. The monoisotopic (exact) mass is 881 g/mol. The third-order valence-electron chi connectivity index (χ3n) is 14.1. The second-order valence-corrected chi connectivity index (χ2v) is 18.0. The molecule has 3 fully saturated rings. The first kappa shape index (κ1) is 46.3. The molecule has 64 heavy (non-hydrogen) atoms. The predicted molar refractivity (Wildman–Crippen MR) is 227 cm³/mol. The van der Waals surface area contributed by atoms with Gasteiger partial charge in [0.1, 0.15) is 23.9 Å². The number of ether oxygens (including phenoxy) is 5. The second kappa shape index (κ2) is 17.3. The van der Waals surface area contributed by atoms with Crippen LogP contribution in [-0.2, 0) is 49.3 Å². The fraction of sp³-hybridized carbons (Fsp3) is 0.469. The van der Waals surface area contributed by atoms with E-state index in [-0.39, 0.29) is 35.3 Å². The molecule has 0 aromatic heterocycles. The van der Waals surface area contributed by atoms with Crippen LogP contribution in [0.4, 0.5) is 0 Å². The van der Waals surface area contributed by atoms with Crippen molar-refractivity contribution < 1.29 is 67.8 Å². The Balaban J connectivity index is 1.37. The van der Waals surface area contributed by atoms with Gasteiger partial charge in [-0.05, 0) is 66.8 Å². The zero-order chi connectivity index (χ0) is 46.5. The molecule has 15 nitrogen and oxygen atoms in total. The van der Waals surface area contributed by atoms with Gasteiger partial charge in [0.25, 0.3) is 5.91 Å². The molecular weight excluding hydrogens is 827 g/mol. The van der Waals surface area contributed by atoms with Gasteiger partial charge in [-0.25, -0.2) is 9.59 Å². The summed E-state index contributed by atoms with van der Waals surface area (Å²) in [5, 5.41) is 40.4. The van der Waals surface area contributed by atoms with E-state index >= 15 is 4.79 Å². The third kappa shape index (κ3) is 7.71.